The van der Waals surface area contributed by atoms with Crippen LogP contribution in [0.2, 0.25) is 36.3 Å². The molecule has 0 bridgehead atoms. The summed E-state index contributed by atoms with van der Waals surface area (Å²) in [4.78, 5) is 10.4. The van der Waals surface area contributed by atoms with Crippen LogP contribution in [0, 0.1) is 0 Å². The Labute approximate surface area is 557 Å². The van der Waals surface area contributed by atoms with Crippen LogP contribution in [0.3, 0.4) is 0 Å². The highest BCUT2D eigenvalue weighted by Gasteiger charge is 2.50. The van der Waals surface area contributed by atoms with Gasteiger partial charge in [0.05, 0.1) is 37.2 Å². The van der Waals surface area contributed by atoms with Crippen molar-refractivity contribution in [1.29, 1.82) is 0 Å². The predicted molar refractivity (Wildman–Crippen MR) is 384 cm³/mol. The van der Waals surface area contributed by atoms with Crippen molar-refractivity contribution in [2.45, 2.75) is 270 Å². The lowest BCUT2D eigenvalue weighted by Crippen LogP contribution is -2.60. The molecule has 4 aromatic rings. The molecule has 0 aromatic heterocycles. The van der Waals surface area contributed by atoms with E-state index >= 15 is 0 Å². The van der Waals surface area contributed by atoms with Gasteiger partial charge in [-0.3, -0.25) is 9.98 Å². The van der Waals surface area contributed by atoms with E-state index < -0.39 is 77.0 Å². The smallest absolute Gasteiger partial charge is 0.224 e. The Morgan fingerprint density at radius 3 is 1.10 bits per heavy atom. The predicted octanol–water partition coefficient (Wildman–Crippen LogP) is 18.4. The summed E-state index contributed by atoms with van der Waals surface area (Å²) in [6.45, 7) is 31.2. The number of benzene rings is 4. The molecule has 12 nitrogen and oxygen atoms in total. The molecule has 15 heteroatoms. The van der Waals surface area contributed by atoms with Crippen molar-refractivity contribution in [2.24, 2.45) is 9.98 Å². The van der Waals surface area contributed by atoms with E-state index in [0.29, 0.717) is 18.3 Å². The highest BCUT2D eigenvalue weighted by molar-refractivity contribution is 7.20. The number of halogens is 1. The van der Waals surface area contributed by atoms with Gasteiger partial charge in [-0.05, 0) is 49.9 Å². The van der Waals surface area contributed by atoms with Gasteiger partial charge >= 0.3 is 0 Å². The second-order valence-electron chi connectivity index (χ2n) is 27.3. The molecule has 0 spiro atoms. The summed E-state index contributed by atoms with van der Waals surface area (Å²) in [6.07, 6.45) is 19.8. The minimum absolute atomic E-state index is 0.0347. The van der Waals surface area contributed by atoms with Gasteiger partial charge in [0.1, 0.15) is 48.7 Å². The summed E-state index contributed by atoms with van der Waals surface area (Å²) in [5, 5.41) is 33.3. The van der Waals surface area contributed by atoms with Crippen molar-refractivity contribution in [3.63, 3.8) is 0 Å². The first kappa shape index (κ1) is 79.1. The van der Waals surface area contributed by atoms with E-state index in [-0.39, 0.29) is 18.3 Å². The van der Waals surface area contributed by atoms with Crippen LogP contribution < -0.4 is 0 Å². The molecule has 0 aliphatic carbocycles. The normalized spacial score (nSPS) is 22.1. The summed E-state index contributed by atoms with van der Waals surface area (Å²) in [6, 6.07) is 38.9. The fourth-order valence-corrected chi connectivity index (χ4v) is 11.0. The zero-order valence-electron chi connectivity index (χ0n) is 58.2. The third-order valence-corrected chi connectivity index (χ3v) is 27.5. The maximum Gasteiger partial charge on any atom is 0.224 e. The quantitative estimate of drug-likeness (QED) is 0.0136. The van der Waals surface area contributed by atoms with Gasteiger partial charge in [0.2, 0.25) is 12.6 Å². The van der Waals surface area contributed by atoms with Crippen LogP contribution in [-0.4, -0.2) is 130 Å². The average Bonchev–Trinajstić information content (AvgIpc) is 0.854. The fourth-order valence-electron chi connectivity index (χ4n) is 10.0. The van der Waals surface area contributed by atoms with E-state index in [1.165, 1.54) is 77.0 Å². The summed E-state index contributed by atoms with van der Waals surface area (Å²) in [7, 11) is -3.47. The molecule has 3 N–H and O–H groups in total. The van der Waals surface area contributed by atoms with Crippen molar-refractivity contribution in [3.8, 4) is 0 Å². The molecule has 0 radical (unpaired) electrons. The van der Waals surface area contributed by atoms with Crippen LogP contribution in [-0.2, 0) is 32.8 Å². The molecule has 0 saturated carbocycles. The number of aliphatic hydroxyl groups excluding tert-OH is 3. The standard InChI is InChI=1S/C38H59NO5Si.C32H45NO5.C6H15ClSi/c1-8-10-11-12-13-14-15-22-28-41-36-34(39-33(30-23-18-16-19-24-30)31-25-20-17-21-26-31)37(42-27-9-2)44-32(35(36)40)29-43-45(6,7)38(3,4)5;1-3-5-6-7-8-9-10-17-23-36-31-29(32(37-22-4-2)38-27(24-34)30(31)35)33-28(25-18-13-11-14-19-25)26-20-15-12-16-21-26;1-6(2,3)8(4,5)7/h9,16-21,23-27,32,34-37,40H,8,10-15,22,28-29H2,1-7H3;4,11-16,18-22,27,29-32,34-35H,3,5-10,17,23-24H2,1-2H3;1-5H3/b27-9-;22-4-;/t32-,34-,35-,36-,37+;27-,29-,30-,31-,32+;/m11./s1. The molecule has 6 rings (SSSR count). The van der Waals surface area contributed by atoms with Crippen molar-refractivity contribution in [1.82, 2.24) is 0 Å². The van der Waals surface area contributed by atoms with Crippen molar-refractivity contribution < 1.29 is 48.2 Å². The fraction of sp³-hybridized carbons (Fsp3) is 0.605. The van der Waals surface area contributed by atoms with Crippen LogP contribution in [0.25, 0.3) is 0 Å². The Morgan fingerprint density at radius 2 is 0.802 bits per heavy atom. The molecular weight excluding hydrogens is 1190 g/mol. The lowest BCUT2D eigenvalue weighted by Gasteiger charge is -2.44. The zero-order valence-corrected chi connectivity index (χ0v) is 61.0. The van der Waals surface area contributed by atoms with E-state index in [1.54, 1.807) is 18.6 Å². The largest absolute Gasteiger partial charge is 0.470 e. The number of allylic oxidation sites excluding steroid dienone is 2. The van der Waals surface area contributed by atoms with Crippen LogP contribution in [0.1, 0.15) is 194 Å². The summed E-state index contributed by atoms with van der Waals surface area (Å²) < 4.78 is 44.0. The van der Waals surface area contributed by atoms with E-state index in [4.69, 9.17) is 53.9 Å². The third-order valence-electron chi connectivity index (χ3n) is 17.7. The molecule has 2 heterocycles. The van der Waals surface area contributed by atoms with Gasteiger partial charge in [0, 0.05) is 35.5 Å². The van der Waals surface area contributed by atoms with Gasteiger partial charge in [0.25, 0.3) is 0 Å². The topological polar surface area (TPSA) is 150 Å². The molecular formula is C76H119ClN2O10Si2. The maximum atomic E-state index is 11.9. The summed E-state index contributed by atoms with van der Waals surface area (Å²) >= 11 is 6.15. The van der Waals surface area contributed by atoms with Gasteiger partial charge < -0.3 is 48.2 Å². The molecule has 2 fully saturated rings. The van der Waals surface area contributed by atoms with Crippen LogP contribution in [0.4, 0.5) is 0 Å². The number of aliphatic hydroxyl groups is 3. The molecule has 2 aliphatic rings. The molecule has 2 aliphatic heterocycles. The molecule has 0 amide bonds. The number of hydrogen-bond acceptors (Lipinski definition) is 12. The molecule has 10 atom stereocenters. The van der Waals surface area contributed by atoms with Gasteiger partial charge in [-0.2, -0.15) is 11.1 Å². The minimum atomic E-state index is -2.09. The Kier molecular flexibility index (Phi) is 36.7. The van der Waals surface area contributed by atoms with Crippen LogP contribution >= 0.6 is 11.1 Å². The SMILES string of the molecule is C/C=C\O[C@H]1O[C@H](CO)[C@@H](O)[C@H](OCCCCCCCCCC)[C@H]1N=C(c1ccccc1)c1ccccc1.C/C=C\O[C@H]1O[C@H](CO[Si](C)(C)C(C)(C)C)[C@@H](O)[C@H](OCCCCCCCCCC)[C@H]1N=C(c1ccccc1)c1ccccc1.CC(C)(C)[Si](C)(C)Cl. The molecule has 4 aromatic carbocycles. The van der Waals surface area contributed by atoms with Gasteiger partial charge in [-0.15, -0.1) is 0 Å². The summed E-state index contributed by atoms with van der Waals surface area (Å²) in [5.41, 5.74) is 5.43. The van der Waals surface area contributed by atoms with Crippen LogP contribution in [0.15, 0.2) is 156 Å². The molecule has 2 saturated heterocycles. The van der Waals surface area contributed by atoms with E-state index in [2.05, 4.69) is 106 Å². The maximum absolute atomic E-state index is 11.9. The number of rotatable bonds is 34. The Morgan fingerprint density at radius 1 is 0.495 bits per heavy atom. The lowest BCUT2D eigenvalue weighted by atomic mass is 9.95. The first-order valence-electron chi connectivity index (χ1n) is 34.3. The Balaban J connectivity index is 0.000000350. The third kappa shape index (κ3) is 27.5. The lowest BCUT2D eigenvalue weighted by molar-refractivity contribution is -0.258. The zero-order chi connectivity index (χ0) is 66.7. The number of ether oxygens (including phenoxy) is 6. The van der Waals surface area contributed by atoms with E-state index in [9.17, 15) is 15.3 Å². The van der Waals surface area contributed by atoms with Crippen molar-refractivity contribution in [3.05, 3.63) is 168 Å². The Bertz CT molecular complexity index is 2550. The van der Waals surface area contributed by atoms with Gasteiger partial charge in [-0.1, -0.05) is 292 Å². The number of aliphatic imine (C=N–C) groups is 2. The monoisotopic (exact) mass is 1310 g/mol. The van der Waals surface area contributed by atoms with Gasteiger partial charge in [-0.25, -0.2) is 0 Å². The number of nitrogens with zero attached hydrogens (tertiary/aromatic N) is 2. The average molecular weight is 1310 g/mol. The molecule has 508 valence electrons. The minimum Gasteiger partial charge on any atom is -0.470 e. The number of hydrogen-bond donors (Lipinski definition) is 3. The second kappa shape index (κ2) is 42.2. The first-order valence-corrected chi connectivity index (χ1v) is 41.2. The number of unbranched alkanes of at least 4 members (excludes halogenated alkanes) is 14. The van der Waals surface area contributed by atoms with Crippen molar-refractivity contribution in [2.75, 3.05) is 26.4 Å². The van der Waals surface area contributed by atoms with Crippen LogP contribution in [0.5, 0.6) is 0 Å². The molecule has 0 unspecified atom stereocenters. The highest BCUT2D eigenvalue weighted by Crippen LogP contribution is 2.39. The van der Waals surface area contributed by atoms with Crippen molar-refractivity contribution >= 4 is 38.2 Å². The van der Waals surface area contributed by atoms with E-state index in [1.807, 2.05) is 117 Å². The first-order chi connectivity index (χ1) is 43.5. The van der Waals surface area contributed by atoms with Gasteiger partial charge in [0.15, 0.2) is 15.7 Å². The second-order valence-corrected chi connectivity index (χ2v) is 39.4. The Hall–Kier alpha value is -4.30. The molecule has 91 heavy (non-hydrogen) atoms. The highest BCUT2D eigenvalue weighted by atomic mass is 35.6. The van der Waals surface area contributed by atoms with E-state index in [0.717, 1.165) is 59.4 Å². The summed E-state index contributed by atoms with van der Waals surface area (Å²) in [5.74, 6) is 0.